The predicted molar refractivity (Wildman–Crippen MR) is 113 cm³/mol. The van der Waals surface area contributed by atoms with E-state index >= 15 is 0 Å². The summed E-state index contributed by atoms with van der Waals surface area (Å²) in [5, 5.41) is 6.70. The quantitative estimate of drug-likeness (QED) is 0.574. The van der Waals surface area contributed by atoms with Gasteiger partial charge in [-0.15, -0.1) is 0 Å². The Balaban J connectivity index is 1.85. The van der Waals surface area contributed by atoms with Gasteiger partial charge in [-0.2, -0.15) is 0 Å². The van der Waals surface area contributed by atoms with Gasteiger partial charge in [0.1, 0.15) is 6.04 Å². The van der Waals surface area contributed by atoms with Crippen LogP contribution in [0.1, 0.15) is 27.5 Å². The van der Waals surface area contributed by atoms with Gasteiger partial charge in [-0.25, -0.2) is 0 Å². The number of benzene rings is 3. The second kappa shape index (κ2) is 8.59. The van der Waals surface area contributed by atoms with Crippen LogP contribution in [0.2, 0.25) is 5.02 Å². The van der Waals surface area contributed by atoms with Crippen molar-refractivity contribution in [3.05, 3.63) is 94.5 Å². The van der Waals surface area contributed by atoms with Gasteiger partial charge in [0.25, 0.3) is 5.91 Å². The Morgan fingerprint density at radius 3 is 2.18 bits per heavy atom. The number of primary amides is 1. The number of halogens is 1. The topological polar surface area (TPSA) is 84.2 Å². The van der Waals surface area contributed by atoms with Crippen LogP contribution in [0.25, 0.3) is 0 Å². The number of anilines is 2. The van der Waals surface area contributed by atoms with Crippen LogP contribution in [-0.2, 0) is 4.79 Å². The summed E-state index contributed by atoms with van der Waals surface area (Å²) in [5.74, 6) is -0.731. The molecule has 0 saturated heterocycles. The number of hydrogen-bond donors (Lipinski definition) is 3. The van der Waals surface area contributed by atoms with E-state index in [0.29, 0.717) is 22.0 Å². The lowest BCUT2D eigenvalue weighted by atomic mass is 10.0. The van der Waals surface area contributed by atoms with Crippen molar-refractivity contribution in [2.45, 2.75) is 13.0 Å². The molecule has 0 aliphatic carbocycles. The number of rotatable bonds is 6. The van der Waals surface area contributed by atoms with Crippen molar-refractivity contribution in [3.8, 4) is 0 Å². The van der Waals surface area contributed by atoms with E-state index in [0.717, 1.165) is 11.1 Å². The molecule has 3 aromatic carbocycles. The van der Waals surface area contributed by atoms with Gasteiger partial charge in [-0.1, -0.05) is 48.0 Å². The number of carbonyl (C=O) groups is 2. The molecule has 1 atom stereocenters. The molecule has 2 amide bonds. The van der Waals surface area contributed by atoms with Crippen molar-refractivity contribution in [1.29, 1.82) is 0 Å². The van der Waals surface area contributed by atoms with E-state index in [9.17, 15) is 9.59 Å². The maximum atomic E-state index is 13.0. The third-order valence-corrected chi connectivity index (χ3v) is 4.72. The van der Waals surface area contributed by atoms with Gasteiger partial charge in [0.15, 0.2) is 0 Å². The van der Waals surface area contributed by atoms with Crippen molar-refractivity contribution >= 4 is 34.8 Å². The van der Waals surface area contributed by atoms with Crippen LogP contribution in [0.4, 0.5) is 11.4 Å². The lowest BCUT2D eigenvalue weighted by molar-refractivity contribution is -0.117. The fraction of sp³-hybridized carbons (Fsp3) is 0.0909. The Labute approximate surface area is 168 Å². The van der Waals surface area contributed by atoms with Gasteiger partial charge in [-0.3, -0.25) is 9.59 Å². The molecule has 3 aromatic rings. The number of amides is 2. The summed E-state index contributed by atoms with van der Waals surface area (Å²) in [6.45, 7) is 1.90. The average molecular weight is 394 g/mol. The van der Waals surface area contributed by atoms with Crippen molar-refractivity contribution in [2.75, 3.05) is 10.6 Å². The van der Waals surface area contributed by atoms with Crippen molar-refractivity contribution in [2.24, 2.45) is 5.73 Å². The number of nitrogens with two attached hydrogens (primary N) is 1. The lowest BCUT2D eigenvalue weighted by Gasteiger charge is -2.20. The van der Waals surface area contributed by atoms with Crippen LogP contribution in [0.3, 0.4) is 0 Å². The van der Waals surface area contributed by atoms with Crippen LogP contribution in [-0.4, -0.2) is 11.8 Å². The fourth-order valence-corrected chi connectivity index (χ4v) is 2.91. The van der Waals surface area contributed by atoms with Gasteiger partial charge in [0.2, 0.25) is 5.91 Å². The smallest absolute Gasteiger partial charge is 0.251 e. The van der Waals surface area contributed by atoms with Gasteiger partial charge < -0.3 is 16.4 Å². The Morgan fingerprint density at radius 2 is 1.57 bits per heavy atom. The first-order valence-corrected chi connectivity index (χ1v) is 9.10. The molecule has 0 aliphatic rings. The highest BCUT2D eigenvalue weighted by Gasteiger charge is 2.21. The van der Waals surface area contributed by atoms with E-state index in [4.69, 9.17) is 17.3 Å². The summed E-state index contributed by atoms with van der Waals surface area (Å²) in [6.07, 6.45) is 0. The summed E-state index contributed by atoms with van der Waals surface area (Å²) in [4.78, 5) is 24.2. The molecule has 0 radical (unpaired) electrons. The molecular weight excluding hydrogens is 374 g/mol. The minimum absolute atomic E-state index is 0.231. The van der Waals surface area contributed by atoms with Gasteiger partial charge in [0, 0.05) is 22.0 Å². The molecule has 0 saturated carbocycles. The van der Waals surface area contributed by atoms with E-state index in [1.54, 1.807) is 30.3 Å². The van der Waals surface area contributed by atoms with E-state index in [1.807, 2.05) is 49.4 Å². The van der Waals surface area contributed by atoms with Crippen LogP contribution in [0, 0.1) is 6.92 Å². The molecule has 28 heavy (non-hydrogen) atoms. The highest BCUT2D eigenvalue weighted by molar-refractivity contribution is 6.31. The van der Waals surface area contributed by atoms with Crippen LogP contribution < -0.4 is 16.4 Å². The third-order valence-electron chi connectivity index (χ3n) is 4.31. The zero-order chi connectivity index (χ0) is 20.1. The first-order chi connectivity index (χ1) is 13.4. The van der Waals surface area contributed by atoms with E-state index in [1.165, 1.54) is 0 Å². The molecule has 4 N–H and O–H groups in total. The normalized spacial score (nSPS) is 11.5. The predicted octanol–water partition coefficient (Wildman–Crippen LogP) is 4.54. The van der Waals surface area contributed by atoms with E-state index < -0.39 is 11.9 Å². The molecule has 0 aromatic heterocycles. The molecule has 0 unspecified atom stereocenters. The minimum Gasteiger partial charge on any atom is -0.370 e. The number of nitrogens with one attached hydrogen (secondary N) is 2. The summed E-state index contributed by atoms with van der Waals surface area (Å²) in [5.41, 5.74) is 8.73. The molecule has 0 aliphatic heterocycles. The largest absolute Gasteiger partial charge is 0.370 e. The molecule has 5 nitrogen and oxygen atoms in total. The van der Waals surface area contributed by atoms with Crippen LogP contribution in [0.15, 0.2) is 72.8 Å². The number of hydrogen-bond acceptors (Lipinski definition) is 3. The van der Waals surface area contributed by atoms with Gasteiger partial charge in [0.05, 0.1) is 0 Å². The zero-order valence-electron chi connectivity index (χ0n) is 15.3. The molecule has 0 bridgehead atoms. The Morgan fingerprint density at radius 1 is 0.929 bits per heavy atom. The Kier molecular flexibility index (Phi) is 5.96. The molecule has 3 rings (SSSR count). The van der Waals surface area contributed by atoms with Gasteiger partial charge >= 0.3 is 0 Å². The van der Waals surface area contributed by atoms with E-state index in [-0.39, 0.29) is 5.91 Å². The summed E-state index contributed by atoms with van der Waals surface area (Å²) < 4.78 is 0. The Hall–Kier alpha value is -3.31. The Bertz CT molecular complexity index is 988. The molecular formula is C22H20ClN3O2. The van der Waals surface area contributed by atoms with Crippen molar-refractivity contribution in [3.63, 3.8) is 0 Å². The highest BCUT2D eigenvalue weighted by atomic mass is 35.5. The SMILES string of the molecule is Cc1ccc(NC(=O)[C@@H](Nc2ccc(C(N)=O)cc2)c2ccccc2)cc1Cl. The second-order valence-corrected chi connectivity index (χ2v) is 6.79. The van der Waals surface area contributed by atoms with Gasteiger partial charge in [-0.05, 0) is 54.4 Å². The van der Waals surface area contributed by atoms with Crippen LogP contribution in [0.5, 0.6) is 0 Å². The third kappa shape index (κ3) is 4.69. The zero-order valence-corrected chi connectivity index (χ0v) is 16.0. The molecule has 0 fully saturated rings. The monoisotopic (exact) mass is 393 g/mol. The summed E-state index contributed by atoms with van der Waals surface area (Å²) in [7, 11) is 0. The fourth-order valence-electron chi connectivity index (χ4n) is 2.73. The summed E-state index contributed by atoms with van der Waals surface area (Å²) >= 11 is 6.16. The maximum Gasteiger partial charge on any atom is 0.251 e. The second-order valence-electron chi connectivity index (χ2n) is 6.38. The van der Waals surface area contributed by atoms with Crippen molar-refractivity contribution < 1.29 is 9.59 Å². The molecule has 142 valence electrons. The standard InChI is InChI=1S/C22H20ClN3O2/c1-14-7-10-18(13-19(14)23)26-22(28)20(15-5-3-2-4-6-15)25-17-11-8-16(9-12-17)21(24)27/h2-13,20,25H,1H3,(H2,24,27)(H,26,28)/t20-/m0/s1. The van der Waals surface area contributed by atoms with Crippen molar-refractivity contribution in [1.82, 2.24) is 0 Å². The first kappa shape index (κ1) is 19.5. The first-order valence-electron chi connectivity index (χ1n) is 8.72. The average Bonchev–Trinajstić information content (AvgIpc) is 2.70. The van der Waals surface area contributed by atoms with E-state index in [2.05, 4.69) is 10.6 Å². The summed E-state index contributed by atoms with van der Waals surface area (Å²) in [6, 6.07) is 20.8. The maximum absolute atomic E-state index is 13.0. The minimum atomic E-state index is -0.638. The molecule has 6 heteroatoms. The number of aryl methyl sites for hydroxylation is 1. The molecule has 0 heterocycles. The lowest BCUT2D eigenvalue weighted by Crippen LogP contribution is -2.27. The van der Waals surface area contributed by atoms with Crippen LogP contribution >= 0.6 is 11.6 Å². The number of carbonyl (C=O) groups excluding carboxylic acids is 2. The highest BCUT2D eigenvalue weighted by Crippen LogP contribution is 2.24. The molecule has 0 spiro atoms.